The summed E-state index contributed by atoms with van der Waals surface area (Å²) >= 11 is 0. The molecule has 1 aromatic rings. The molecule has 1 amide bonds. The number of anilines is 1. The topological polar surface area (TPSA) is 52.8 Å². The SMILES string of the molecule is CN1CCN(c2cccc(C3CC(CN)CN3C)c2)C(=O)C1. The minimum Gasteiger partial charge on any atom is -0.330 e. The maximum Gasteiger partial charge on any atom is 0.241 e. The molecule has 5 nitrogen and oxygen atoms in total. The highest BCUT2D eigenvalue weighted by atomic mass is 16.2. The maximum atomic E-state index is 12.3. The second-order valence-corrected chi connectivity index (χ2v) is 6.67. The first kappa shape index (κ1) is 15.5. The molecule has 0 radical (unpaired) electrons. The van der Waals surface area contributed by atoms with Gasteiger partial charge < -0.3 is 10.6 Å². The summed E-state index contributed by atoms with van der Waals surface area (Å²) in [5, 5.41) is 0. The van der Waals surface area contributed by atoms with Gasteiger partial charge in [0, 0.05) is 31.4 Å². The van der Waals surface area contributed by atoms with E-state index < -0.39 is 0 Å². The highest BCUT2D eigenvalue weighted by Gasteiger charge is 2.30. The number of hydrogen-bond donors (Lipinski definition) is 1. The van der Waals surface area contributed by atoms with Crippen molar-refractivity contribution >= 4 is 11.6 Å². The fraction of sp³-hybridized carbons (Fsp3) is 0.588. The number of nitrogens with two attached hydrogens (primary N) is 1. The Kier molecular flexibility index (Phi) is 4.47. The summed E-state index contributed by atoms with van der Waals surface area (Å²) in [6.45, 7) is 4.00. The Balaban J connectivity index is 1.80. The number of likely N-dealkylation sites (N-methyl/N-ethyl adjacent to an activating group) is 1. The zero-order chi connectivity index (χ0) is 15.7. The van der Waals surface area contributed by atoms with E-state index in [2.05, 4.69) is 35.0 Å². The second-order valence-electron chi connectivity index (χ2n) is 6.67. The third kappa shape index (κ3) is 3.02. The zero-order valence-electron chi connectivity index (χ0n) is 13.5. The van der Waals surface area contributed by atoms with Gasteiger partial charge >= 0.3 is 0 Å². The maximum absolute atomic E-state index is 12.3. The van der Waals surface area contributed by atoms with Gasteiger partial charge in [-0.1, -0.05) is 12.1 Å². The van der Waals surface area contributed by atoms with E-state index in [9.17, 15) is 4.79 Å². The van der Waals surface area contributed by atoms with Gasteiger partial charge in [0.05, 0.1) is 6.54 Å². The van der Waals surface area contributed by atoms with Crippen LogP contribution in [0.2, 0.25) is 0 Å². The highest BCUT2D eigenvalue weighted by molar-refractivity contribution is 5.95. The molecule has 2 saturated heterocycles. The molecular formula is C17H26N4O. The summed E-state index contributed by atoms with van der Waals surface area (Å²) in [5.74, 6) is 0.759. The molecule has 2 fully saturated rings. The van der Waals surface area contributed by atoms with E-state index in [0.29, 0.717) is 18.5 Å². The van der Waals surface area contributed by atoms with E-state index in [1.165, 1.54) is 5.56 Å². The fourth-order valence-electron chi connectivity index (χ4n) is 3.63. The number of amides is 1. The zero-order valence-corrected chi connectivity index (χ0v) is 13.5. The van der Waals surface area contributed by atoms with Crippen LogP contribution >= 0.6 is 0 Å². The van der Waals surface area contributed by atoms with Gasteiger partial charge in [-0.2, -0.15) is 0 Å². The lowest BCUT2D eigenvalue weighted by Crippen LogP contribution is -2.48. The summed E-state index contributed by atoms with van der Waals surface area (Å²) < 4.78 is 0. The van der Waals surface area contributed by atoms with E-state index in [4.69, 9.17) is 5.73 Å². The van der Waals surface area contributed by atoms with Crippen molar-refractivity contribution in [1.29, 1.82) is 0 Å². The van der Waals surface area contributed by atoms with Crippen LogP contribution in [0.15, 0.2) is 24.3 Å². The van der Waals surface area contributed by atoms with Crippen LogP contribution in [0, 0.1) is 5.92 Å². The average molecular weight is 302 g/mol. The van der Waals surface area contributed by atoms with Crippen molar-refractivity contribution in [3.8, 4) is 0 Å². The van der Waals surface area contributed by atoms with E-state index in [0.717, 1.165) is 38.3 Å². The third-order valence-electron chi connectivity index (χ3n) is 4.95. The van der Waals surface area contributed by atoms with Crippen LogP contribution in [0.1, 0.15) is 18.0 Å². The lowest BCUT2D eigenvalue weighted by atomic mass is 9.99. The van der Waals surface area contributed by atoms with Crippen molar-refractivity contribution in [3.63, 3.8) is 0 Å². The molecule has 120 valence electrons. The van der Waals surface area contributed by atoms with E-state index >= 15 is 0 Å². The van der Waals surface area contributed by atoms with Crippen LogP contribution in [-0.4, -0.2) is 62.5 Å². The normalized spacial score (nSPS) is 27.6. The molecule has 2 heterocycles. The smallest absolute Gasteiger partial charge is 0.241 e. The Bertz CT molecular complexity index is 547. The molecular weight excluding hydrogens is 276 g/mol. The number of piperazine rings is 1. The Morgan fingerprint density at radius 1 is 1.27 bits per heavy atom. The summed E-state index contributed by atoms with van der Waals surface area (Å²) in [4.78, 5) is 18.6. The van der Waals surface area contributed by atoms with Crippen LogP contribution in [0.5, 0.6) is 0 Å². The summed E-state index contributed by atoms with van der Waals surface area (Å²) in [6.07, 6.45) is 1.10. The largest absolute Gasteiger partial charge is 0.330 e. The number of benzene rings is 1. The first-order valence-electron chi connectivity index (χ1n) is 8.07. The van der Waals surface area contributed by atoms with E-state index in [1.54, 1.807) is 0 Å². The first-order valence-corrected chi connectivity index (χ1v) is 8.07. The Labute approximate surface area is 132 Å². The lowest BCUT2D eigenvalue weighted by Gasteiger charge is -2.32. The molecule has 0 aromatic heterocycles. The number of nitrogens with zero attached hydrogens (tertiary/aromatic N) is 3. The molecule has 2 atom stereocenters. The van der Waals surface area contributed by atoms with Crippen molar-refractivity contribution < 1.29 is 4.79 Å². The molecule has 2 aliphatic heterocycles. The highest BCUT2D eigenvalue weighted by Crippen LogP contribution is 2.35. The van der Waals surface area contributed by atoms with Crippen molar-refractivity contribution in [2.45, 2.75) is 12.5 Å². The van der Waals surface area contributed by atoms with Crippen LogP contribution in [0.25, 0.3) is 0 Å². The fourth-order valence-corrected chi connectivity index (χ4v) is 3.63. The van der Waals surface area contributed by atoms with Gasteiger partial charge in [0.1, 0.15) is 0 Å². The number of likely N-dealkylation sites (tertiary alicyclic amines) is 1. The van der Waals surface area contributed by atoms with E-state index in [-0.39, 0.29) is 5.91 Å². The van der Waals surface area contributed by atoms with Gasteiger partial charge in [0.2, 0.25) is 5.91 Å². The lowest BCUT2D eigenvalue weighted by molar-refractivity contribution is -0.120. The minimum absolute atomic E-state index is 0.186. The number of rotatable bonds is 3. The molecule has 2 N–H and O–H groups in total. The van der Waals surface area contributed by atoms with Crippen molar-refractivity contribution in [3.05, 3.63) is 29.8 Å². The van der Waals surface area contributed by atoms with Crippen LogP contribution in [-0.2, 0) is 4.79 Å². The standard InChI is InChI=1S/C17H26N4O/c1-19-6-7-21(17(22)12-19)15-5-3-4-14(9-15)16-8-13(10-18)11-20(16)2/h3-5,9,13,16H,6-8,10-12,18H2,1-2H3. The second kappa shape index (κ2) is 6.36. The third-order valence-corrected chi connectivity index (χ3v) is 4.95. The van der Waals surface area contributed by atoms with Crippen molar-refractivity contribution in [2.24, 2.45) is 11.7 Å². The average Bonchev–Trinajstić information content (AvgIpc) is 2.88. The van der Waals surface area contributed by atoms with Gasteiger partial charge in [-0.05, 0) is 50.7 Å². The molecule has 3 rings (SSSR count). The summed E-state index contributed by atoms with van der Waals surface area (Å²) in [5.41, 5.74) is 8.15. The summed E-state index contributed by atoms with van der Waals surface area (Å²) in [7, 11) is 4.15. The van der Waals surface area contributed by atoms with Gasteiger partial charge in [0.25, 0.3) is 0 Å². The number of carbonyl (C=O) groups is 1. The Hall–Kier alpha value is -1.43. The number of hydrogen-bond acceptors (Lipinski definition) is 4. The van der Waals surface area contributed by atoms with Crippen LogP contribution < -0.4 is 10.6 Å². The van der Waals surface area contributed by atoms with Gasteiger partial charge in [0.15, 0.2) is 0 Å². The molecule has 2 aliphatic rings. The quantitative estimate of drug-likeness (QED) is 0.902. The predicted octanol–water partition coefficient (Wildman–Crippen LogP) is 0.916. The molecule has 5 heteroatoms. The van der Waals surface area contributed by atoms with E-state index in [1.807, 2.05) is 18.0 Å². The molecule has 0 saturated carbocycles. The molecule has 1 aromatic carbocycles. The van der Waals surface area contributed by atoms with Crippen LogP contribution in [0.3, 0.4) is 0 Å². The van der Waals surface area contributed by atoms with Crippen LogP contribution in [0.4, 0.5) is 5.69 Å². The van der Waals surface area contributed by atoms with Crippen molar-refractivity contribution in [2.75, 3.05) is 51.7 Å². The Morgan fingerprint density at radius 3 is 2.77 bits per heavy atom. The Morgan fingerprint density at radius 2 is 2.09 bits per heavy atom. The number of carbonyl (C=O) groups excluding carboxylic acids is 1. The molecule has 22 heavy (non-hydrogen) atoms. The first-order chi connectivity index (χ1) is 10.6. The predicted molar refractivity (Wildman–Crippen MR) is 88.8 cm³/mol. The van der Waals surface area contributed by atoms with Gasteiger partial charge in [-0.3, -0.25) is 14.6 Å². The molecule has 0 aliphatic carbocycles. The minimum atomic E-state index is 0.186. The van der Waals surface area contributed by atoms with Crippen molar-refractivity contribution in [1.82, 2.24) is 9.80 Å². The molecule has 0 spiro atoms. The molecule has 2 unspecified atom stereocenters. The van der Waals surface area contributed by atoms with Gasteiger partial charge in [-0.15, -0.1) is 0 Å². The van der Waals surface area contributed by atoms with Gasteiger partial charge in [-0.25, -0.2) is 0 Å². The summed E-state index contributed by atoms with van der Waals surface area (Å²) in [6, 6.07) is 8.88. The molecule has 0 bridgehead atoms. The monoisotopic (exact) mass is 302 g/mol.